The molecule has 86 heavy (non-hydrogen) atoms. The third kappa shape index (κ3) is 13.5. The van der Waals surface area contributed by atoms with E-state index in [4.69, 9.17) is 0 Å². The average molecular weight is 1300 g/mol. The van der Waals surface area contributed by atoms with E-state index in [-0.39, 0.29) is 33.6 Å². The highest BCUT2D eigenvalue weighted by atomic mass is 32.2. The van der Waals surface area contributed by atoms with Crippen molar-refractivity contribution < 1.29 is 97.0 Å². The summed E-state index contributed by atoms with van der Waals surface area (Å²) in [5.74, 6) is -3.12. The van der Waals surface area contributed by atoms with Gasteiger partial charge in [0, 0.05) is 92.7 Å². The zero-order valence-electron chi connectivity index (χ0n) is 43.2. The summed E-state index contributed by atoms with van der Waals surface area (Å²) in [5.41, 5.74) is 0.782. The highest BCUT2D eigenvalue weighted by Gasteiger charge is 2.30. The molecule has 4 amide bonds. The number of nitrogens with one attached hydrogen (secondary N) is 4. The normalized spacial score (nSPS) is 13.5. The zero-order valence-corrected chi connectivity index (χ0v) is 48.1. The lowest BCUT2D eigenvalue weighted by molar-refractivity contribution is 0.101. The van der Waals surface area contributed by atoms with E-state index in [9.17, 15) is 97.0 Å². The first kappa shape index (κ1) is 61.8. The molecule has 1 heterocycles. The Labute approximate surface area is 488 Å². The molecule has 0 aliphatic carbocycles. The summed E-state index contributed by atoms with van der Waals surface area (Å²) in [6.07, 6.45) is 0. The van der Waals surface area contributed by atoms with Crippen LogP contribution >= 0.6 is 0 Å². The molecule has 0 unspecified atom stereocenters. The molecule has 1 fully saturated rings. The van der Waals surface area contributed by atoms with E-state index >= 15 is 0 Å². The minimum Gasteiger partial charge on any atom is -0.368 e. The number of hydrogen-bond acceptors (Lipinski definition) is 18. The lowest BCUT2D eigenvalue weighted by Gasteiger charge is -2.37. The number of nitrogens with zero attached hydrogens (tertiary/aromatic N) is 2. The van der Waals surface area contributed by atoms with Gasteiger partial charge in [-0.3, -0.25) is 46.5 Å². The van der Waals surface area contributed by atoms with Gasteiger partial charge in [0.1, 0.15) is 19.6 Å². The fourth-order valence-electron chi connectivity index (χ4n) is 9.33. The molecule has 0 radical (unpaired) electrons. The van der Waals surface area contributed by atoms with Crippen LogP contribution < -0.4 is 31.1 Å². The fraction of sp³-hybridized carbons (Fsp3) is 0.0769. The van der Waals surface area contributed by atoms with E-state index < -0.39 is 147 Å². The standard InChI is InChI=1S/C52H42N6O22S6/c59-49(53-33-9-1-5-29(21-33)51(61)55-41-13-15-43(83(69,70)71)39-25-37(81(63,64)65)27-45(47(39)41)85(75,76)77)31-7-3-11-35(23-31)57-17-19-58(20-18-57)36-12-4-8-32(24-36)50(60)54-34-10-2-6-30(22-34)52(62)56-42-14-16-44(84(72,73)74)40-26-38(82(66,67)68)28-46(48(40)42)86(78,79)80/h1-16,21-28H,17-20H2,(H,53,59)(H,54,60)(H,55,61)(H,56,62)(H,63,64,65)(H,66,67,68)(H,69,70,71)(H,72,73,74)(H,75,76,77)(H,78,79,80). The molecule has 0 bridgehead atoms. The van der Waals surface area contributed by atoms with Gasteiger partial charge in [0.25, 0.3) is 84.3 Å². The van der Waals surface area contributed by atoms with Crippen molar-refractivity contribution in [1.29, 1.82) is 0 Å². The molecule has 1 saturated heterocycles. The van der Waals surface area contributed by atoms with Crippen molar-refractivity contribution in [3.63, 3.8) is 0 Å². The van der Waals surface area contributed by atoms with Crippen LogP contribution in [0.1, 0.15) is 41.4 Å². The second-order valence-electron chi connectivity index (χ2n) is 18.8. The first-order chi connectivity index (χ1) is 40.0. The molecule has 1 aliphatic rings. The Kier molecular flexibility index (Phi) is 16.5. The van der Waals surface area contributed by atoms with Crippen LogP contribution in [0.25, 0.3) is 21.5 Å². The Morgan fingerprint density at radius 1 is 0.326 bits per heavy atom. The largest absolute Gasteiger partial charge is 0.368 e. The van der Waals surface area contributed by atoms with Gasteiger partial charge in [0.05, 0.1) is 21.2 Å². The van der Waals surface area contributed by atoms with Gasteiger partial charge in [-0.25, -0.2) is 0 Å². The number of benzene rings is 8. The van der Waals surface area contributed by atoms with Crippen molar-refractivity contribution >= 4 is 140 Å². The van der Waals surface area contributed by atoms with Gasteiger partial charge in [-0.1, -0.05) is 24.3 Å². The number of amides is 4. The summed E-state index contributed by atoms with van der Waals surface area (Å²) >= 11 is 0. The highest BCUT2D eigenvalue weighted by Crippen LogP contribution is 2.39. The van der Waals surface area contributed by atoms with E-state index in [1.54, 1.807) is 48.5 Å². The highest BCUT2D eigenvalue weighted by molar-refractivity contribution is 7.88. The first-order valence-electron chi connectivity index (χ1n) is 24.3. The van der Waals surface area contributed by atoms with Crippen molar-refractivity contribution in [2.24, 2.45) is 0 Å². The van der Waals surface area contributed by atoms with Gasteiger partial charge < -0.3 is 31.1 Å². The first-order valence-corrected chi connectivity index (χ1v) is 32.9. The van der Waals surface area contributed by atoms with Gasteiger partial charge in [0.15, 0.2) is 0 Å². The molecule has 0 saturated carbocycles. The van der Waals surface area contributed by atoms with Crippen LogP contribution in [-0.2, 0) is 60.7 Å². The van der Waals surface area contributed by atoms with Crippen LogP contribution in [0.3, 0.4) is 0 Å². The zero-order chi connectivity index (χ0) is 62.6. The fourth-order valence-corrected chi connectivity index (χ4v) is 13.4. The summed E-state index contributed by atoms with van der Waals surface area (Å²) in [5, 5.41) is 7.01. The SMILES string of the molecule is O=C(Nc1cccc(C(=O)Nc2ccc(S(=O)(=O)O)c3cc(S(=O)(=O)O)cc(S(=O)(=O)O)c23)c1)c1cccc(N2CCN(c3cccc(C(=O)Nc4cccc(C(=O)Nc5ccc(S(=O)(=O)O)c6cc(S(=O)(=O)O)cc(S(=O)(=O)O)c56)c4)c3)CC2)c1. The van der Waals surface area contributed by atoms with Gasteiger partial charge in [-0.05, 0) is 121 Å². The summed E-state index contributed by atoms with van der Waals surface area (Å²) in [7, 11) is -31.7. The molecule has 0 atom stereocenters. The predicted octanol–water partition coefficient (Wildman–Crippen LogP) is 5.81. The van der Waals surface area contributed by atoms with Gasteiger partial charge in [-0.15, -0.1) is 0 Å². The van der Waals surface area contributed by atoms with Crippen molar-refractivity contribution in [3.05, 3.63) is 168 Å². The maximum absolute atomic E-state index is 13.6. The smallest absolute Gasteiger partial charge is 0.295 e. The van der Waals surface area contributed by atoms with E-state index in [0.717, 1.165) is 24.3 Å². The minimum atomic E-state index is -5.41. The summed E-state index contributed by atoms with van der Waals surface area (Å²) in [4.78, 5) is 51.7. The minimum absolute atomic E-state index is 0.114. The van der Waals surface area contributed by atoms with Crippen LogP contribution in [0.2, 0.25) is 0 Å². The molecule has 9 rings (SSSR count). The van der Waals surface area contributed by atoms with Crippen LogP contribution in [0.15, 0.2) is 175 Å². The predicted molar refractivity (Wildman–Crippen MR) is 309 cm³/mol. The molecule has 1 aliphatic heterocycles. The Morgan fingerprint density at radius 2 is 0.628 bits per heavy atom. The molecule has 10 N–H and O–H groups in total. The molecule has 28 nitrogen and oxygen atoms in total. The Balaban J connectivity index is 0.845. The third-order valence-electron chi connectivity index (χ3n) is 13.2. The quantitative estimate of drug-likeness (QED) is 0.0510. The summed E-state index contributed by atoms with van der Waals surface area (Å²) in [6.45, 7) is 1.83. The summed E-state index contributed by atoms with van der Waals surface area (Å²) < 4.78 is 206. The lowest BCUT2D eigenvalue weighted by atomic mass is 10.1. The van der Waals surface area contributed by atoms with Crippen LogP contribution in [0.5, 0.6) is 0 Å². The van der Waals surface area contributed by atoms with Crippen molar-refractivity contribution in [1.82, 2.24) is 0 Å². The molecule has 448 valence electrons. The van der Waals surface area contributed by atoms with E-state index in [1.165, 1.54) is 48.5 Å². The number of carbonyl (C=O) groups is 4. The number of rotatable bonds is 16. The Hall–Kier alpha value is -8.78. The molecule has 0 spiro atoms. The van der Waals surface area contributed by atoms with Crippen LogP contribution in [0.4, 0.5) is 34.1 Å². The number of hydrogen-bond donors (Lipinski definition) is 10. The average Bonchev–Trinajstić information content (AvgIpc) is 0.841. The maximum atomic E-state index is 13.6. The second-order valence-corrected chi connectivity index (χ2v) is 27.2. The van der Waals surface area contributed by atoms with Crippen molar-refractivity contribution in [2.75, 3.05) is 57.2 Å². The number of piperazine rings is 1. The molecular formula is C52H42N6O22S6. The number of carbonyl (C=O) groups excluding carboxylic acids is 4. The van der Waals surface area contributed by atoms with Crippen molar-refractivity contribution in [2.45, 2.75) is 29.4 Å². The molecule has 0 aromatic heterocycles. The van der Waals surface area contributed by atoms with E-state index in [0.29, 0.717) is 61.8 Å². The third-order valence-corrected chi connectivity index (χ3v) is 18.5. The monoisotopic (exact) mass is 1290 g/mol. The Morgan fingerprint density at radius 3 is 0.942 bits per heavy atom. The maximum Gasteiger partial charge on any atom is 0.295 e. The van der Waals surface area contributed by atoms with E-state index in [1.807, 2.05) is 9.80 Å². The van der Waals surface area contributed by atoms with Gasteiger partial charge >= 0.3 is 0 Å². The number of anilines is 6. The number of fused-ring (bicyclic) bond motifs is 2. The van der Waals surface area contributed by atoms with Gasteiger partial charge in [-0.2, -0.15) is 50.5 Å². The van der Waals surface area contributed by atoms with E-state index in [2.05, 4.69) is 21.3 Å². The second kappa shape index (κ2) is 22.9. The Bertz CT molecular complexity index is 4630. The van der Waals surface area contributed by atoms with Crippen molar-refractivity contribution in [3.8, 4) is 0 Å². The topological polar surface area (TPSA) is 449 Å². The van der Waals surface area contributed by atoms with Crippen LogP contribution in [0, 0.1) is 0 Å². The van der Waals surface area contributed by atoms with Gasteiger partial charge in [0.2, 0.25) is 0 Å². The molecule has 8 aromatic rings. The lowest BCUT2D eigenvalue weighted by Crippen LogP contribution is -2.46. The van der Waals surface area contributed by atoms with Crippen LogP contribution in [-0.4, -0.2) is 128 Å². The molecule has 34 heteroatoms. The molecule has 8 aromatic carbocycles. The summed E-state index contributed by atoms with van der Waals surface area (Å²) in [6, 6.07) is 28.9. The molecular weight excluding hydrogens is 1250 g/mol.